The summed E-state index contributed by atoms with van der Waals surface area (Å²) >= 11 is 1.25. The van der Waals surface area contributed by atoms with Gasteiger partial charge in [0.1, 0.15) is 17.3 Å². The highest BCUT2D eigenvalue weighted by molar-refractivity contribution is 7.14. The smallest absolute Gasteiger partial charge is 0.301 e. The molecule has 0 aliphatic carbocycles. The van der Waals surface area contributed by atoms with E-state index in [1.54, 1.807) is 60.1 Å². The van der Waals surface area contributed by atoms with E-state index in [9.17, 15) is 14.7 Å². The van der Waals surface area contributed by atoms with Gasteiger partial charge in [-0.1, -0.05) is 38.1 Å². The van der Waals surface area contributed by atoms with Crippen molar-refractivity contribution in [3.05, 3.63) is 76.8 Å². The average Bonchev–Trinajstić information content (AvgIpc) is 3.48. The van der Waals surface area contributed by atoms with Gasteiger partial charge in [-0.2, -0.15) is 0 Å². The standard InChI is InChI=1S/C26H26N2O5S/c1-3-13-32-19-10-8-17(9-11-19)22-21(24(30)25(31)28(22)26-27-12-15-34-26)23(29)18-6-5-7-20(16-18)33-14-4-2/h5-12,15-16,22,29H,3-4,13-14H2,1-2H3/b23-21+. The van der Waals surface area contributed by atoms with E-state index in [0.717, 1.165) is 12.8 Å². The summed E-state index contributed by atoms with van der Waals surface area (Å²) in [5.74, 6) is -0.475. The molecule has 0 bridgehead atoms. The number of ketones is 1. The Morgan fingerprint density at radius 1 is 1.03 bits per heavy atom. The summed E-state index contributed by atoms with van der Waals surface area (Å²) in [6.45, 7) is 5.15. The van der Waals surface area contributed by atoms with Crippen LogP contribution >= 0.6 is 11.3 Å². The predicted molar refractivity (Wildman–Crippen MR) is 131 cm³/mol. The third-order valence-electron chi connectivity index (χ3n) is 5.32. The number of anilines is 1. The monoisotopic (exact) mass is 478 g/mol. The largest absolute Gasteiger partial charge is 0.507 e. The second kappa shape index (κ2) is 10.5. The van der Waals surface area contributed by atoms with Crippen LogP contribution in [0.25, 0.3) is 5.76 Å². The molecule has 1 aromatic heterocycles. The topological polar surface area (TPSA) is 89.0 Å². The minimum absolute atomic E-state index is 0.00932. The second-order valence-corrected chi connectivity index (χ2v) is 8.65. The van der Waals surface area contributed by atoms with E-state index < -0.39 is 17.7 Å². The lowest BCUT2D eigenvalue weighted by Gasteiger charge is -2.23. The molecule has 1 fully saturated rings. The van der Waals surface area contributed by atoms with E-state index in [0.29, 0.717) is 41.0 Å². The number of amides is 1. The highest BCUT2D eigenvalue weighted by Gasteiger charge is 2.48. The predicted octanol–water partition coefficient (Wildman–Crippen LogP) is 5.35. The third-order valence-corrected chi connectivity index (χ3v) is 6.09. The Morgan fingerprint density at radius 3 is 2.38 bits per heavy atom. The summed E-state index contributed by atoms with van der Waals surface area (Å²) in [5, 5.41) is 13.4. The number of ether oxygens (including phenoxy) is 2. The molecular formula is C26H26N2O5S. The molecule has 176 valence electrons. The number of aliphatic hydroxyl groups is 1. The first kappa shape index (κ1) is 23.5. The molecule has 1 aliphatic heterocycles. The number of Topliss-reactive ketones (excluding diaryl/α,β-unsaturated/α-hetero) is 1. The van der Waals surface area contributed by atoms with Crippen LogP contribution in [0.2, 0.25) is 0 Å². The zero-order chi connectivity index (χ0) is 24.1. The lowest BCUT2D eigenvalue weighted by Crippen LogP contribution is -2.29. The Kier molecular flexibility index (Phi) is 7.27. The van der Waals surface area contributed by atoms with Crippen LogP contribution in [0.5, 0.6) is 11.5 Å². The summed E-state index contributed by atoms with van der Waals surface area (Å²) in [6, 6.07) is 13.3. The minimum Gasteiger partial charge on any atom is -0.507 e. The molecule has 1 atom stereocenters. The van der Waals surface area contributed by atoms with Crippen molar-refractivity contribution < 1.29 is 24.2 Å². The fourth-order valence-corrected chi connectivity index (χ4v) is 4.42. The Morgan fingerprint density at radius 2 is 1.74 bits per heavy atom. The van der Waals surface area contributed by atoms with Crippen molar-refractivity contribution in [3.8, 4) is 11.5 Å². The molecule has 1 saturated heterocycles. The number of benzene rings is 2. The fourth-order valence-electron chi connectivity index (χ4n) is 3.75. The molecular weight excluding hydrogens is 452 g/mol. The van der Waals surface area contributed by atoms with Gasteiger partial charge in [-0.15, -0.1) is 11.3 Å². The molecule has 4 rings (SSSR count). The molecule has 2 aromatic carbocycles. The van der Waals surface area contributed by atoms with Gasteiger partial charge in [-0.25, -0.2) is 4.98 Å². The van der Waals surface area contributed by atoms with Crippen molar-refractivity contribution in [2.24, 2.45) is 0 Å². The van der Waals surface area contributed by atoms with Crippen LogP contribution < -0.4 is 14.4 Å². The maximum absolute atomic E-state index is 13.2. The number of hydrogen-bond acceptors (Lipinski definition) is 7. The van der Waals surface area contributed by atoms with Crippen LogP contribution in [0.15, 0.2) is 65.7 Å². The van der Waals surface area contributed by atoms with E-state index in [1.807, 2.05) is 13.8 Å². The van der Waals surface area contributed by atoms with E-state index in [2.05, 4.69) is 4.98 Å². The van der Waals surface area contributed by atoms with Crippen LogP contribution in [0.4, 0.5) is 5.13 Å². The van der Waals surface area contributed by atoms with E-state index >= 15 is 0 Å². The number of nitrogens with zero attached hydrogens (tertiary/aromatic N) is 2. The van der Waals surface area contributed by atoms with Gasteiger partial charge < -0.3 is 14.6 Å². The van der Waals surface area contributed by atoms with Gasteiger partial charge in [-0.3, -0.25) is 14.5 Å². The second-order valence-electron chi connectivity index (χ2n) is 7.78. The highest BCUT2D eigenvalue weighted by atomic mass is 32.1. The molecule has 1 amide bonds. The Balaban J connectivity index is 1.81. The molecule has 3 aromatic rings. The number of rotatable bonds is 9. The van der Waals surface area contributed by atoms with Gasteiger partial charge in [0.25, 0.3) is 5.78 Å². The zero-order valence-electron chi connectivity index (χ0n) is 19.1. The van der Waals surface area contributed by atoms with Crippen molar-refractivity contribution in [3.63, 3.8) is 0 Å². The first-order valence-electron chi connectivity index (χ1n) is 11.2. The zero-order valence-corrected chi connectivity index (χ0v) is 19.9. The number of aliphatic hydroxyl groups excluding tert-OH is 1. The lowest BCUT2D eigenvalue weighted by atomic mass is 9.95. The fraction of sp³-hybridized carbons (Fsp3) is 0.269. The van der Waals surface area contributed by atoms with Crippen LogP contribution in [0, 0.1) is 0 Å². The summed E-state index contributed by atoms with van der Waals surface area (Å²) < 4.78 is 11.3. The number of carbonyl (C=O) groups excluding carboxylic acids is 2. The van der Waals surface area contributed by atoms with Crippen molar-refractivity contribution in [1.82, 2.24) is 4.98 Å². The summed E-state index contributed by atoms with van der Waals surface area (Å²) in [5.41, 5.74) is 1.08. The van der Waals surface area contributed by atoms with Crippen molar-refractivity contribution in [2.45, 2.75) is 32.7 Å². The van der Waals surface area contributed by atoms with E-state index in [-0.39, 0.29) is 11.3 Å². The Labute approximate surface area is 202 Å². The molecule has 2 heterocycles. The number of thiazole rings is 1. The molecule has 1 aliphatic rings. The molecule has 0 saturated carbocycles. The van der Waals surface area contributed by atoms with Gasteiger partial charge in [-0.05, 0) is 42.7 Å². The number of hydrogen-bond donors (Lipinski definition) is 1. The van der Waals surface area contributed by atoms with Gasteiger partial charge in [0, 0.05) is 17.1 Å². The molecule has 34 heavy (non-hydrogen) atoms. The SMILES string of the molecule is CCCOc1ccc(C2/C(=C(\O)c3cccc(OCCC)c3)C(=O)C(=O)N2c2nccs2)cc1. The molecule has 1 unspecified atom stereocenters. The molecule has 0 spiro atoms. The first-order chi connectivity index (χ1) is 16.5. The first-order valence-corrected chi connectivity index (χ1v) is 12.1. The molecule has 7 nitrogen and oxygen atoms in total. The molecule has 1 N–H and O–H groups in total. The Bertz CT molecular complexity index is 1190. The van der Waals surface area contributed by atoms with Gasteiger partial charge in [0.05, 0.1) is 24.8 Å². The van der Waals surface area contributed by atoms with Crippen LogP contribution in [-0.2, 0) is 9.59 Å². The summed E-state index contributed by atoms with van der Waals surface area (Å²) in [4.78, 5) is 31.9. The average molecular weight is 479 g/mol. The minimum atomic E-state index is -0.827. The summed E-state index contributed by atoms with van der Waals surface area (Å²) in [6.07, 6.45) is 3.30. The normalized spacial score (nSPS) is 17.2. The maximum Gasteiger partial charge on any atom is 0.301 e. The molecule has 0 radical (unpaired) electrons. The van der Waals surface area contributed by atoms with Crippen molar-refractivity contribution in [1.29, 1.82) is 0 Å². The van der Waals surface area contributed by atoms with Crippen LogP contribution in [-0.4, -0.2) is 35.0 Å². The van der Waals surface area contributed by atoms with Gasteiger partial charge >= 0.3 is 5.91 Å². The van der Waals surface area contributed by atoms with Gasteiger partial charge in [0.2, 0.25) is 0 Å². The number of aromatic nitrogens is 1. The van der Waals surface area contributed by atoms with E-state index in [4.69, 9.17) is 9.47 Å². The Hall–Kier alpha value is -3.65. The highest BCUT2D eigenvalue weighted by Crippen LogP contribution is 2.43. The van der Waals surface area contributed by atoms with Crippen LogP contribution in [0.3, 0.4) is 0 Å². The van der Waals surface area contributed by atoms with Crippen molar-refractivity contribution >= 4 is 33.9 Å². The maximum atomic E-state index is 13.2. The van der Waals surface area contributed by atoms with Crippen LogP contribution in [0.1, 0.15) is 43.9 Å². The lowest BCUT2D eigenvalue weighted by molar-refractivity contribution is -0.132. The van der Waals surface area contributed by atoms with Gasteiger partial charge in [0.15, 0.2) is 5.13 Å². The van der Waals surface area contributed by atoms with E-state index in [1.165, 1.54) is 16.2 Å². The number of carbonyl (C=O) groups is 2. The summed E-state index contributed by atoms with van der Waals surface area (Å²) in [7, 11) is 0. The van der Waals surface area contributed by atoms with Crippen molar-refractivity contribution in [2.75, 3.05) is 18.1 Å². The third kappa shape index (κ3) is 4.68. The quantitative estimate of drug-likeness (QED) is 0.253. The molecule has 8 heteroatoms.